The lowest BCUT2D eigenvalue weighted by Gasteiger charge is -2.29. The van der Waals surface area contributed by atoms with E-state index in [0.29, 0.717) is 0 Å². The first kappa shape index (κ1) is 10.6. The van der Waals surface area contributed by atoms with Gasteiger partial charge in [0.15, 0.2) is 0 Å². The fourth-order valence-electron chi connectivity index (χ4n) is 1.67. The van der Waals surface area contributed by atoms with Crippen molar-refractivity contribution in [2.24, 2.45) is 17.3 Å². The Balaban J connectivity index is 2.39. The average molecular weight is 182 g/mol. The van der Waals surface area contributed by atoms with Gasteiger partial charge in [-0.2, -0.15) is 0 Å². The molecular formula is C11H22N2. The van der Waals surface area contributed by atoms with Crippen LogP contribution in [-0.4, -0.2) is 24.3 Å². The quantitative estimate of drug-likeness (QED) is 0.516. The van der Waals surface area contributed by atoms with Crippen LogP contribution in [0.3, 0.4) is 0 Å². The number of nitrogens with zero attached hydrogens (tertiary/aromatic N) is 1. The maximum absolute atomic E-state index is 7.96. The molecule has 1 N–H and O–H groups in total. The van der Waals surface area contributed by atoms with Crippen LogP contribution in [0, 0.1) is 22.7 Å². The molecule has 13 heavy (non-hydrogen) atoms. The Morgan fingerprint density at radius 2 is 1.92 bits per heavy atom. The summed E-state index contributed by atoms with van der Waals surface area (Å²) in [6.07, 6.45) is 1.35. The summed E-state index contributed by atoms with van der Waals surface area (Å²) >= 11 is 0. The first-order chi connectivity index (χ1) is 5.82. The molecule has 0 aromatic heterocycles. The van der Waals surface area contributed by atoms with E-state index in [1.807, 2.05) is 7.05 Å². The van der Waals surface area contributed by atoms with Crippen molar-refractivity contribution in [3.63, 3.8) is 0 Å². The molecule has 0 radical (unpaired) electrons. The summed E-state index contributed by atoms with van der Waals surface area (Å²) in [5.41, 5.74) is -0.00707. The first-order valence-electron chi connectivity index (χ1n) is 5.12. The van der Waals surface area contributed by atoms with E-state index in [0.717, 1.165) is 24.2 Å². The molecule has 1 aliphatic rings. The molecule has 1 fully saturated rings. The summed E-state index contributed by atoms with van der Waals surface area (Å²) in [6, 6.07) is 0. The van der Waals surface area contributed by atoms with Crippen molar-refractivity contribution in [2.45, 2.75) is 34.1 Å². The molecule has 2 unspecified atom stereocenters. The minimum atomic E-state index is -0.00707. The molecule has 76 valence electrons. The molecule has 1 rings (SSSR count). The van der Waals surface area contributed by atoms with Crippen molar-refractivity contribution < 1.29 is 0 Å². The Bertz CT molecular complexity index is 203. The molecule has 1 saturated carbocycles. The number of nitrogens with one attached hydrogen (secondary N) is 1. The van der Waals surface area contributed by atoms with Crippen LogP contribution in [-0.2, 0) is 0 Å². The monoisotopic (exact) mass is 182 g/mol. The van der Waals surface area contributed by atoms with E-state index < -0.39 is 0 Å². The number of rotatable bonds is 2. The Morgan fingerprint density at radius 3 is 2.23 bits per heavy atom. The summed E-state index contributed by atoms with van der Waals surface area (Å²) in [5.74, 6) is 2.48. The molecule has 2 atom stereocenters. The zero-order valence-corrected chi connectivity index (χ0v) is 9.52. The third-order valence-corrected chi connectivity index (χ3v) is 2.88. The molecule has 0 aliphatic heterocycles. The first-order valence-corrected chi connectivity index (χ1v) is 5.12. The Kier molecular flexibility index (Phi) is 2.69. The molecule has 0 spiro atoms. The van der Waals surface area contributed by atoms with E-state index >= 15 is 0 Å². The third-order valence-electron chi connectivity index (χ3n) is 2.88. The van der Waals surface area contributed by atoms with Crippen LogP contribution >= 0.6 is 0 Å². The van der Waals surface area contributed by atoms with E-state index in [2.05, 4.69) is 32.6 Å². The average Bonchev–Trinajstić information content (AvgIpc) is 2.63. The van der Waals surface area contributed by atoms with Gasteiger partial charge in [0.1, 0.15) is 5.84 Å². The van der Waals surface area contributed by atoms with E-state index in [1.54, 1.807) is 0 Å². The summed E-state index contributed by atoms with van der Waals surface area (Å²) in [4.78, 5) is 2.11. The highest BCUT2D eigenvalue weighted by Crippen LogP contribution is 2.38. The zero-order valence-electron chi connectivity index (χ0n) is 9.52. The number of hydrogen-bond acceptors (Lipinski definition) is 1. The van der Waals surface area contributed by atoms with Crippen molar-refractivity contribution in [2.75, 3.05) is 13.6 Å². The predicted octanol–water partition coefficient (Wildman–Crippen LogP) is 2.60. The molecule has 0 aromatic carbocycles. The van der Waals surface area contributed by atoms with E-state index in [-0.39, 0.29) is 5.41 Å². The van der Waals surface area contributed by atoms with Gasteiger partial charge in [0.25, 0.3) is 0 Å². The highest BCUT2D eigenvalue weighted by molar-refractivity contribution is 5.84. The van der Waals surface area contributed by atoms with Crippen LogP contribution < -0.4 is 0 Å². The van der Waals surface area contributed by atoms with Crippen LogP contribution in [0.2, 0.25) is 0 Å². The molecule has 0 bridgehead atoms. The van der Waals surface area contributed by atoms with Crippen LogP contribution in [0.4, 0.5) is 0 Å². The molecule has 0 saturated heterocycles. The molecule has 0 heterocycles. The minimum absolute atomic E-state index is 0.00707. The molecule has 0 aromatic rings. The van der Waals surface area contributed by atoms with E-state index in [4.69, 9.17) is 5.41 Å². The molecule has 2 heteroatoms. The van der Waals surface area contributed by atoms with Gasteiger partial charge in [-0.1, -0.05) is 27.7 Å². The van der Waals surface area contributed by atoms with Gasteiger partial charge in [0.05, 0.1) is 0 Å². The second-order valence-electron chi connectivity index (χ2n) is 5.45. The highest BCUT2D eigenvalue weighted by atomic mass is 15.2. The van der Waals surface area contributed by atoms with E-state index in [9.17, 15) is 0 Å². The number of hydrogen-bond donors (Lipinski definition) is 1. The van der Waals surface area contributed by atoms with Crippen LogP contribution in [0.5, 0.6) is 0 Å². The van der Waals surface area contributed by atoms with Crippen molar-refractivity contribution in [1.29, 1.82) is 5.41 Å². The Hall–Kier alpha value is -0.530. The summed E-state index contributed by atoms with van der Waals surface area (Å²) in [6.45, 7) is 9.66. The maximum Gasteiger partial charge on any atom is 0.101 e. The molecule has 2 nitrogen and oxygen atoms in total. The second-order valence-corrected chi connectivity index (χ2v) is 5.45. The lowest BCUT2D eigenvalue weighted by Crippen LogP contribution is -2.37. The van der Waals surface area contributed by atoms with Crippen molar-refractivity contribution in [3.8, 4) is 0 Å². The standard InChI is InChI=1S/C11H22N2/c1-8-6-9(8)7-13(5)10(12)11(2,3)4/h8-9,12H,6-7H2,1-5H3. The normalized spacial score (nSPS) is 27.2. The fraction of sp³-hybridized carbons (Fsp3) is 0.909. The second kappa shape index (κ2) is 3.32. The van der Waals surface area contributed by atoms with Gasteiger partial charge in [-0.05, 0) is 18.3 Å². The van der Waals surface area contributed by atoms with Crippen molar-refractivity contribution in [1.82, 2.24) is 4.90 Å². The van der Waals surface area contributed by atoms with Gasteiger partial charge in [0.2, 0.25) is 0 Å². The highest BCUT2D eigenvalue weighted by Gasteiger charge is 2.34. The molecule has 0 amide bonds. The maximum atomic E-state index is 7.96. The van der Waals surface area contributed by atoms with Gasteiger partial charge in [-0.15, -0.1) is 0 Å². The molecular weight excluding hydrogens is 160 g/mol. The van der Waals surface area contributed by atoms with Crippen molar-refractivity contribution in [3.05, 3.63) is 0 Å². The zero-order chi connectivity index (χ0) is 10.2. The SMILES string of the molecule is CC1CC1CN(C)C(=N)C(C)(C)C. The van der Waals surface area contributed by atoms with Gasteiger partial charge < -0.3 is 4.90 Å². The lowest BCUT2D eigenvalue weighted by atomic mass is 9.94. The van der Waals surface area contributed by atoms with Crippen LogP contribution in [0.1, 0.15) is 34.1 Å². The number of amidine groups is 1. The van der Waals surface area contributed by atoms with Crippen LogP contribution in [0.15, 0.2) is 0 Å². The third kappa shape index (κ3) is 2.71. The fourth-order valence-corrected chi connectivity index (χ4v) is 1.67. The minimum Gasteiger partial charge on any atom is -0.363 e. The van der Waals surface area contributed by atoms with Gasteiger partial charge >= 0.3 is 0 Å². The van der Waals surface area contributed by atoms with Gasteiger partial charge in [0, 0.05) is 19.0 Å². The van der Waals surface area contributed by atoms with Gasteiger partial charge in [-0.25, -0.2) is 0 Å². The largest absolute Gasteiger partial charge is 0.363 e. The lowest BCUT2D eigenvalue weighted by molar-refractivity contribution is 0.400. The van der Waals surface area contributed by atoms with Crippen LogP contribution in [0.25, 0.3) is 0 Å². The van der Waals surface area contributed by atoms with E-state index in [1.165, 1.54) is 6.42 Å². The topological polar surface area (TPSA) is 27.1 Å². The van der Waals surface area contributed by atoms with Crippen molar-refractivity contribution >= 4 is 5.84 Å². The smallest absolute Gasteiger partial charge is 0.101 e. The van der Waals surface area contributed by atoms with Gasteiger partial charge in [-0.3, -0.25) is 5.41 Å². The Morgan fingerprint density at radius 1 is 1.46 bits per heavy atom. The molecule has 1 aliphatic carbocycles. The predicted molar refractivity (Wildman–Crippen MR) is 57.1 cm³/mol. The Labute approximate surface area is 81.8 Å². The summed E-state index contributed by atoms with van der Waals surface area (Å²) < 4.78 is 0. The summed E-state index contributed by atoms with van der Waals surface area (Å²) in [7, 11) is 2.04. The summed E-state index contributed by atoms with van der Waals surface area (Å²) in [5, 5.41) is 7.96.